The lowest BCUT2D eigenvalue weighted by molar-refractivity contribution is 0.277. The zero-order valence-corrected chi connectivity index (χ0v) is 14.2. The number of nitrogens with two attached hydrogens (primary N) is 1. The van der Waals surface area contributed by atoms with Gasteiger partial charge in [0.25, 0.3) is 10.2 Å². The molecule has 0 radical (unpaired) electrons. The third-order valence-corrected chi connectivity index (χ3v) is 6.62. The molecule has 0 unspecified atom stereocenters. The zero-order valence-electron chi connectivity index (χ0n) is 13.4. The molecular formula is C15H25N5O2S. The van der Waals surface area contributed by atoms with Crippen LogP contribution in [0, 0.1) is 0 Å². The van der Waals surface area contributed by atoms with Gasteiger partial charge in [0.15, 0.2) is 0 Å². The summed E-state index contributed by atoms with van der Waals surface area (Å²) < 4.78 is 28.6. The molecule has 2 N–H and O–H groups in total. The van der Waals surface area contributed by atoms with E-state index >= 15 is 0 Å². The first-order valence-corrected chi connectivity index (χ1v) is 9.64. The van der Waals surface area contributed by atoms with Crippen LogP contribution in [-0.2, 0) is 16.8 Å². The predicted octanol–water partition coefficient (Wildman–Crippen LogP) is 0.512. The summed E-state index contributed by atoms with van der Waals surface area (Å²) in [5.74, 6) is 0.554. The predicted molar refractivity (Wildman–Crippen MR) is 89.8 cm³/mol. The lowest BCUT2D eigenvalue weighted by Crippen LogP contribution is -2.44. The van der Waals surface area contributed by atoms with E-state index in [-0.39, 0.29) is 0 Å². The van der Waals surface area contributed by atoms with Crippen molar-refractivity contribution in [3.63, 3.8) is 0 Å². The summed E-state index contributed by atoms with van der Waals surface area (Å²) in [7, 11) is -3.29. The van der Waals surface area contributed by atoms with Crippen molar-refractivity contribution in [3.05, 3.63) is 23.9 Å². The van der Waals surface area contributed by atoms with Gasteiger partial charge in [0.05, 0.1) is 0 Å². The Morgan fingerprint density at radius 3 is 2.43 bits per heavy atom. The number of hydrogen-bond acceptors (Lipinski definition) is 5. The van der Waals surface area contributed by atoms with Gasteiger partial charge in [0.1, 0.15) is 5.82 Å². The lowest BCUT2D eigenvalue weighted by atomic mass is 10.2. The summed E-state index contributed by atoms with van der Waals surface area (Å²) in [5.41, 5.74) is 6.91. The monoisotopic (exact) mass is 339 g/mol. The van der Waals surface area contributed by atoms with E-state index in [0.29, 0.717) is 32.0 Å². The second-order valence-corrected chi connectivity index (χ2v) is 8.12. The number of nitrogen functional groups attached to an aromatic ring is 1. The Morgan fingerprint density at radius 2 is 1.70 bits per heavy atom. The topological polar surface area (TPSA) is 82.8 Å². The molecule has 0 atom stereocenters. The number of hydrogen-bond donors (Lipinski definition) is 1. The number of nitrogens with zero attached hydrogens (tertiary/aromatic N) is 4. The molecule has 0 aliphatic carbocycles. The standard InChI is InChI=1S/C15H25N5O2S/c16-15-14(5-3-6-17-15)13-18-7-4-10-20(12-11-18)23(21,22)19-8-1-2-9-19/h3,5-6H,1-2,4,7-13H2,(H2,16,17). The van der Waals surface area contributed by atoms with Crippen LogP contribution in [0.5, 0.6) is 0 Å². The van der Waals surface area contributed by atoms with Crippen molar-refractivity contribution < 1.29 is 8.42 Å². The van der Waals surface area contributed by atoms with Crippen LogP contribution < -0.4 is 5.73 Å². The Morgan fingerprint density at radius 1 is 1.00 bits per heavy atom. The van der Waals surface area contributed by atoms with Gasteiger partial charge in [-0.3, -0.25) is 4.90 Å². The number of aromatic nitrogens is 1. The van der Waals surface area contributed by atoms with Gasteiger partial charge in [-0.25, -0.2) is 4.98 Å². The molecule has 0 spiro atoms. The maximum Gasteiger partial charge on any atom is 0.282 e. The van der Waals surface area contributed by atoms with Crippen LogP contribution in [0.2, 0.25) is 0 Å². The Balaban J connectivity index is 1.62. The van der Waals surface area contributed by atoms with Crippen molar-refractivity contribution in [2.45, 2.75) is 25.8 Å². The van der Waals surface area contributed by atoms with E-state index in [1.807, 2.05) is 12.1 Å². The largest absolute Gasteiger partial charge is 0.383 e. The first-order chi connectivity index (χ1) is 11.1. The maximum absolute atomic E-state index is 12.7. The molecule has 2 aliphatic heterocycles. The Labute approximate surface area is 138 Å². The van der Waals surface area contributed by atoms with Gasteiger partial charge in [-0.1, -0.05) is 6.07 Å². The molecule has 0 amide bonds. The van der Waals surface area contributed by atoms with Gasteiger partial charge in [-0.15, -0.1) is 0 Å². The smallest absolute Gasteiger partial charge is 0.282 e. The summed E-state index contributed by atoms with van der Waals surface area (Å²) in [6.07, 6.45) is 4.47. The zero-order chi connectivity index (χ0) is 16.3. The molecular weight excluding hydrogens is 314 g/mol. The van der Waals surface area contributed by atoms with Crippen molar-refractivity contribution in [2.24, 2.45) is 0 Å². The third kappa shape index (κ3) is 3.82. The number of rotatable bonds is 4. The van der Waals surface area contributed by atoms with Crippen molar-refractivity contribution in [2.75, 3.05) is 45.0 Å². The second kappa shape index (κ2) is 7.12. The highest BCUT2D eigenvalue weighted by atomic mass is 32.2. The minimum absolute atomic E-state index is 0.541. The highest BCUT2D eigenvalue weighted by Crippen LogP contribution is 2.19. The Kier molecular flexibility index (Phi) is 5.15. The summed E-state index contributed by atoms with van der Waals surface area (Å²) >= 11 is 0. The van der Waals surface area contributed by atoms with Crippen LogP contribution >= 0.6 is 0 Å². The minimum atomic E-state index is -3.29. The van der Waals surface area contributed by atoms with Gasteiger partial charge in [-0.2, -0.15) is 17.0 Å². The highest BCUT2D eigenvalue weighted by Gasteiger charge is 2.32. The highest BCUT2D eigenvalue weighted by molar-refractivity contribution is 7.86. The van der Waals surface area contributed by atoms with E-state index in [9.17, 15) is 8.42 Å². The van der Waals surface area contributed by atoms with E-state index in [0.717, 1.165) is 44.5 Å². The van der Waals surface area contributed by atoms with Crippen LogP contribution in [0.25, 0.3) is 0 Å². The van der Waals surface area contributed by atoms with Crippen LogP contribution in [0.3, 0.4) is 0 Å². The van der Waals surface area contributed by atoms with Crippen LogP contribution in [-0.4, -0.2) is 66.2 Å². The van der Waals surface area contributed by atoms with E-state index in [4.69, 9.17) is 5.73 Å². The molecule has 128 valence electrons. The molecule has 8 heteroatoms. The SMILES string of the molecule is Nc1ncccc1CN1CCCN(S(=O)(=O)N2CCCC2)CC1. The first kappa shape index (κ1) is 16.6. The molecule has 0 bridgehead atoms. The normalized spacial score (nSPS) is 22.3. The molecule has 1 aromatic heterocycles. The lowest BCUT2D eigenvalue weighted by Gasteiger charge is -2.26. The molecule has 3 rings (SSSR count). The van der Waals surface area contributed by atoms with E-state index in [1.165, 1.54) is 0 Å². The van der Waals surface area contributed by atoms with Gasteiger partial charge in [0, 0.05) is 51.0 Å². The van der Waals surface area contributed by atoms with Gasteiger partial charge in [0.2, 0.25) is 0 Å². The summed E-state index contributed by atoms with van der Waals surface area (Å²) in [6.45, 7) is 4.78. The third-order valence-electron chi connectivity index (χ3n) is 4.59. The first-order valence-electron chi connectivity index (χ1n) is 8.24. The molecule has 0 aromatic carbocycles. The van der Waals surface area contributed by atoms with Crippen molar-refractivity contribution in [1.29, 1.82) is 0 Å². The van der Waals surface area contributed by atoms with Crippen LogP contribution in [0.4, 0.5) is 5.82 Å². The van der Waals surface area contributed by atoms with Crippen LogP contribution in [0.1, 0.15) is 24.8 Å². The number of anilines is 1. The summed E-state index contributed by atoms with van der Waals surface area (Å²) in [6, 6.07) is 3.86. The Bertz CT molecular complexity index is 631. The fourth-order valence-electron chi connectivity index (χ4n) is 3.24. The fraction of sp³-hybridized carbons (Fsp3) is 0.667. The fourth-order valence-corrected chi connectivity index (χ4v) is 4.96. The van der Waals surface area contributed by atoms with Gasteiger partial charge < -0.3 is 5.73 Å². The van der Waals surface area contributed by atoms with Crippen molar-refractivity contribution >= 4 is 16.0 Å². The van der Waals surface area contributed by atoms with E-state index in [2.05, 4.69) is 9.88 Å². The summed E-state index contributed by atoms with van der Waals surface area (Å²) in [5, 5.41) is 0. The molecule has 2 saturated heterocycles. The quantitative estimate of drug-likeness (QED) is 0.864. The molecule has 7 nitrogen and oxygen atoms in total. The maximum atomic E-state index is 12.7. The van der Waals surface area contributed by atoms with E-state index in [1.54, 1.807) is 14.8 Å². The molecule has 2 aliphatic rings. The number of pyridine rings is 1. The average Bonchev–Trinajstić information content (AvgIpc) is 2.97. The van der Waals surface area contributed by atoms with Crippen LogP contribution in [0.15, 0.2) is 18.3 Å². The molecule has 3 heterocycles. The Hall–Kier alpha value is -1.22. The molecule has 1 aromatic rings. The molecule has 0 saturated carbocycles. The van der Waals surface area contributed by atoms with Gasteiger partial charge >= 0.3 is 0 Å². The van der Waals surface area contributed by atoms with Crippen molar-refractivity contribution in [1.82, 2.24) is 18.5 Å². The second-order valence-electron chi connectivity index (χ2n) is 6.19. The van der Waals surface area contributed by atoms with Crippen molar-refractivity contribution in [3.8, 4) is 0 Å². The van der Waals surface area contributed by atoms with Gasteiger partial charge in [-0.05, 0) is 31.9 Å². The minimum Gasteiger partial charge on any atom is -0.383 e. The molecule has 23 heavy (non-hydrogen) atoms. The van der Waals surface area contributed by atoms with E-state index < -0.39 is 10.2 Å². The summed E-state index contributed by atoms with van der Waals surface area (Å²) in [4.78, 5) is 6.37. The molecule has 2 fully saturated rings. The average molecular weight is 339 g/mol.